The van der Waals surface area contributed by atoms with E-state index in [4.69, 9.17) is 0 Å². The Hall–Kier alpha value is -2.40. The number of benzene rings is 1. The van der Waals surface area contributed by atoms with Crippen molar-refractivity contribution in [1.82, 2.24) is 4.90 Å². The van der Waals surface area contributed by atoms with Gasteiger partial charge in [0.15, 0.2) is 0 Å². The zero-order valence-corrected chi connectivity index (χ0v) is 16.2. The van der Waals surface area contributed by atoms with Gasteiger partial charge in [0.2, 0.25) is 5.91 Å². The molecule has 1 aromatic heterocycles. The number of nitrogens with zero attached hydrogens (tertiary/aromatic N) is 1. The molecule has 0 spiro atoms. The summed E-state index contributed by atoms with van der Waals surface area (Å²) >= 11 is 1.69. The van der Waals surface area contributed by atoms with Crippen LogP contribution in [-0.2, 0) is 11.2 Å². The van der Waals surface area contributed by atoms with Crippen molar-refractivity contribution >= 4 is 29.3 Å². The standard InChI is InChI=1S/C22H25NO3S/c24-21(14-11-17-7-3-4-10-20(17)22(25)26)23-15-5-1-2-8-18(23)12-13-19-9-6-16-27-19/h3-4,6-7,9-10,12-13,16,18H,1-2,5,8,11,14-15H2,(H,25,26)/b13-12+. The normalized spacial score (nSPS) is 17.8. The summed E-state index contributed by atoms with van der Waals surface area (Å²) in [7, 11) is 0. The number of aryl methyl sites for hydroxylation is 1. The SMILES string of the molecule is O=C(O)c1ccccc1CCC(=O)N1CCCCCC1/C=C/c1cccs1. The Morgan fingerprint density at radius 2 is 2.00 bits per heavy atom. The fourth-order valence-corrected chi connectivity index (χ4v) is 4.20. The van der Waals surface area contributed by atoms with Crippen molar-refractivity contribution in [3.63, 3.8) is 0 Å². The number of amides is 1. The maximum atomic E-state index is 12.9. The Labute approximate surface area is 164 Å². The zero-order valence-electron chi connectivity index (χ0n) is 15.3. The summed E-state index contributed by atoms with van der Waals surface area (Å²) in [5, 5.41) is 11.4. The second kappa shape index (κ2) is 9.51. The molecule has 2 aromatic rings. The lowest BCUT2D eigenvalue weighted by Crippen LogP contribution is -2.39. The van der Waals surface area contributed by atoms with Crippen molar-refractivity contribution in [3.05, 3.63) is 63.9 Å². The van der Waals surface area contributed by atoms with Gasteiger partial charge in [0.25, 0.3) is 0 Å². The second-order valence-corrected chi connectivity index (χ2v) is 7.82. The van der Waals surface area contributed by atoms with Crippen molar-refractivity contribution in [3.8, 4) is 0 Å². The van der Waals surface area contributed by atoms with Gasteiger partial charge in [0.05, 0.1) is 11.6 Å². The molecule has 1 saturated heterocycles. The minimum atomic E-state index is -0.940. The van der Waals surface area contributed by atoms with E-state index in [1.165, 1.54) is 4.88 Å². The summed E-state index contributed by atoms with van der Waals surface area (Å²) in [5.74, 6) is -0.831. The molecule has 1 aliphatic heterocycles. The number of carboxylic acid groups (broad SMARTS) is 1. The van der Waals surface area contributed by atoms with E-state index in [1.54, 1.807) is 29.5 Å². The molecule has 3 rings (SSSR count). The van der Waals surface area contributed by atoms with Gasteiger partial charge in [0, 0.05) is 17.8 Å². The Morgan fingerprint density at radius 3 is 2.78 bits per heavy atom. The highest BCUT2D eigenvalue weighted by atomic mass is 32.1. The fourth-order valence-electron chi connectivity index (χ4n) is 3.57. The van der Waals surface area contributed by atoms with Crippen LogP contribution in [0.2, 0.25) is 0 Å². The van der Waals surface area contributed by atoms with Crippen LogP contribution in [0.4, 0.5) is 0 Å². The zero-order chi connectivity index (χ0) is 19.1. The molecule has 4 nitrogen and oxygen atoms in total. The fraction of sp³-hybridized carbons (Fsp3) is 0.364. The van der Waals surface area contributed by atoms with Gasteiger partial charge in [0.1, 0.15) is 0 Å². The smallest absolute Gasteiger partial charge is 0.335 e. The van der Waals surface area contributed by atoms with Gasteiger partial charge in [-0.25, -0.2) is 4.79 Å². The van der Waals surface area contributed by atoms with Gasteiger partial charge in [-0.05, 0) is 48.4 Å². The average molecular weight is 384 g/mol. The minimum Gasteiger partial charge on any atom is -0.478 e. The second-order valence-electron chi connectivity index (χ2n) is 6.84. The highest BCUT2D eigenvalue weighted by Gasteiger charge is 2.23. The number of carbonyl (C=O) groups is 2. The van der Waals surface area contributed by atoms with Crippen molar-refractivity contribution in [1.29, 1.82) is 0 Å². The van der Waals surface area contributed by atoms with Gasteiger partial charge >= 0.3 is 5.97 Å². The first-order valence-electron chi connectivity index (χ1n) is 9.47. The van der Waals surface area contributed by atoms with Crippen LogP contribution in [0.15, 0.2) is 47.9 Å². The molecular formula is C22H25NO3S. The van der Waals surface area contributed by atoms with Gasteiger partial charge in [-0.1, -0.05) is 43.2 Å². The first kappa shape index (κ1) is 19.4. The predicted octanol–water partition coefficient (Wildman–Crippen LogP) is 4.86. The lowest BCUT2D eigenvalue weighted by molar-refractivity contribution is -0.132. The average Bonchev–Trinajstić information content (AvgIpc) is 3.08. The molecule has 5 heteroatoms. The van der Waals surface area contributed by atoms with Gasteiger partial charge in [-0.3, -0.25) is 4.79 Å². The van der Waals surface area contributed by atoms with Crippen LogP contribution < -0.4 is 0 Å². The molecule has 142 valence electrons. The van der Waals surface area contributed by atoms with Crippen LogP contribution in [0.25, 0.3) is 6.08 Å². The van der Waals surface area contributed by atoms with E-state index >= 15 is 0 Å². The summed E-state index contributed by atoms with van der Waals surface area (Å²) in [5.41, 5.74) is 1.01. The third kappa shape index (κ3) is 5.30. The van der Waals surface area contributed by atoms with Crippen molar-refractivity contribution in [2.75, 3.05) is 6.54 Å². The summed E-state index contributed by atoms with van der Waals surface area (Å²) in [6, 6.07) is 11.2. The number of carbonyl (C=O) groups excluding carboxylic acids is 1. The minimum absolute atomic E-state index is 0.109. The highest BCUT2D eigenvalue weighted by molar-refractivity contribution is 7.10. The number of likely N-dealkylation sites (tertiary alicyclic amines) is 1. The molecule has 0 bridgehead atoms. The predicted molar refractivity (Wildman–Crippen MR) is 109 cm³/mol. The molecular weight excluding hydrogens is 358 g/mol. The third-order valence-electron chi connectivity index (χ3n) is 5.00. The van der Waals surface area contributed by atoms with Crippen LogP contribution >= 0.6 is 11.3 Å². The molecule has 1 fully saturated rings. The molecule has 1 atom stereocenters. The maximum absolute atomic E-state index is 12.9. The van der Waals surface area contributed by atoms with E-state index in [2.05, 4.69) is 23.6 Å². The maximum Gasteiger partial charge on any atom is 0.335 e. The Kier molecular flexibility index (Phi) is 6.82. The van der Waals surface area contributed by atoms with Gasteiger partial charge in [-0.2, -0.15) is 0 Å². The van der Waals surface area contributed by atoms with Crippen LogP contribution in [0.1, 0.15) is 52.9 Å². The number of thiophene rings is 1. The number of carboxylic acids is 1. The lowest BCUT2D eigenvalue weighted by Gasteiger charge is -2.28. The monoisotopic (exact) mass is 383 g/mol. The molecule has 27 heavy (non-hydrogen) atoms. The van der Waals surface area contributed by atoms with E-state index in [-0.39, 0.29) is 17.5 Å². The Morgan fingerprint density at radius 1 is 1.15 bits per heavy atom. The molecule has 2 heterocycles. The van der Waals surface area contributed by atoms with E-state index in [0.29, 0.717) is 12.8 Å². The molecule has 1 unspecified atom stereocenters. The molecule has 0 radical (unpaired) electrons. The molecule has 1 aliphatic rings. The topological polar surface area (TPSA) is 57.6 Å². The molecule has 0 aliphatic carbocycles. The van der Waals surface area contributed by atoms with Crippen molar-refractivity contribution < 1.29 is 14.7 Å². The molecule has 0 saturated carbocycles. The molecule has 1 N–H and O–H groups in total. The number of aromatic carboxylic acids is 1. The number of hydrogen-bond donors (Lipinski definition) is 1. The quantitative estimate of drug-likeness (QED) is 0.775. The number of rotatable bonds is 6. The first-order chi connectivity index (χ1) is 13.1. The van der Waals surface area contributed by atoms with Crippen LogP contribution in [-0.4, -0.2) is 34.5 Å². The largest absolute Gasteiger partial charge is 0.478 e. The number of hydrogen-bond acceptors (Lipinski definition) is 3. The van der Waals surface area contributed by atoms with Crippen molar-refractivity contribution in [2.45, 2.75) is 44.6 Å². The van der Waals surface area contributed by atoms with E-state index in [1.807, 2.05) is 17.0 Å². The lowest BCUT2D eigenvalue weighted by atomic mass is 10.0. The van der Waals surface area contributed by atoms with Crippen LogP contribution in [0.5, 0.6) is 0 Å². The Balaban J connectivity index is 1.68. The molecule has 1 aromatic carbocycles. The molecule has 1 amide bonds. The summed E-state index contributed by atoms with van der Waals surface area (Å²) in [6.45, 7) is 0.777. The van der Waals surface area contributed by atoms with E-state index in [0.717, 1.165) is 37.8 Å². The van der Waals surface area contributed by atoms with Crippen molar-refractivity contribution in [2.24, 2.45) is 0 Å². The first-order valence-corrected chi connectivity index (χ1v) is 10.4. The summed E-state index contributed by atoms with van der Waals surface area (Å²) in [4.78, 5) is 27.5. The summed E-state index contributed by atoms with van der Waals surface area (Å²) < 4.78 is 0. The Bertz CT molecular complexity index is 798. The third-order valence-corrected chi connectivity index (χ3v) is 5.84. The van der Waals surface area contributed by atoms with Crippen LogP contribution in [0.3, 0.4) is 0 Å². The van der Waals surface area contributed by atoms with E-state index < -0.39 is 5.97 Å². The highest BCUT2D eigenvalue weighted by Crippen LogP contribution is 2.22. The van der Waals surface area contributed by atoms with Gasteiger partial charge in [-0.15, -0.1) is 11.3 Å². The summed E-state index contributed by atoms with van der Waals surface area (Å²) in [6.07, 6.45) is 9.36. The van der Waals surface area contributed by atoms with E-state index in [9.17, 15) is 14.7 Å². The van der Waals surface area contributed by atoms with Gasteiger partial charge < -0.3 is 10.0 Å². The van der Waals surface area contributed by atoms with Crippen LogP contribution in [0, 0.1) is 0 Å².